The molecule has 2 aromatic rings. The first kappa shape index (κ1) is 14.8. The Morgan fingerprint density at radius 2 is 1.73 bits per heavy atom. The molecular formula is C20H21NO. The summed E-state index contributed by atoms with van der Waals surface area (Å²) in [6, 6.07) is 20.7. The van der Waals surface area contributed by atoms with Crippen LogP contribution in [-0.2, 0) is 0 Å². The van der Waals surface area contributed by atoms with Gasteiger partial charge in [0.25, 0.3) is 0 Å². The van der Waals surface area contributed by atoms with Gasteiger partial charge in [0.05, 0.1) is 12.6 Å². The summed E-state index contributed by atoms with van der Waals surface area (Å²) in [5.74, 6) is 6.71. The van der Waals surface area contributed by atoms with Gasteiger partial charge < -0.3 is 5.11 Å². The van der Waals surface area contributed by atoms with E-state index in [1.807, 2.05) is 36.4 Å². The van der Waals surface area contributed by atoms with E-state index in [2.05, 4.69) is 41.0 Å². The molecule has 0 spiro atoms. The summed E-state index contributed by atoms with van der Waals surface area (Å²) < 4.78 is 0. The Morgan fingerprint density at radius 1 is 1.05 bits per heavy atom. The highest BCUT2D eigenvalue weighted by Crippen LogP contribution is 2.28. The van der Waals surface area contributed by atoms with Gasteiger partial charge in [0.2, 0.25) is 0 Å². The number of aliphatic hydroxyl groups is 1. The smallest absolute Gasteiger partial charge is 0.0977 e. The molecule has 1 aliphatic heterocycles. The topological polar surface area (TPSA) is 23.5 Å². The number of nitrogens with zero attached hydrogens (tertiary/aromatic N) is 1. The molecule has 3 rings (SSSR count). The van der Waals surface area contributed by atoms with Crippen molar-refractivity contribution in [3.8, 4) is 11.8 Å². The van der Waals surface area contributed by atoms with E-state index in [0.717, 1.165) is 24.9 Å². The van der Waals surface area contributed by atoms with Gasteiger partial charge in [0.15, 0.2) is 0 Å². The van der Waals surface area contributed by atoms with Crippen molar-refractivity contribution in [2.75, 3.05) is 13.2 Å². The van der Waals surface area contributed by atoms with E-state index >= 15 is 0 Å². The van der Waals surface area contributed by atoms with E-state index in [0.29, 0.717) is 0 Å². The van der Waals surface area contributed by atoms with Crippen molar-refractivity contribution in [3.63, 3.8) is 0 Å². The Hall–Kier alpha value is -2.08. The van der Waals surface area contributed by atoms with Gasteiger partial charge in [-0.1, -0.05) is 60.4 Å². The molecule has 0 amide bonds. The molecule has 0 aliphatic carbocycles. The van der Waals surface area contributed by atoms with Crippen molar-refractivity contribution in [2.45, 2.75) is 24.9 Å². The minimum absolute atomic E-state index is 0.0426. The minimum atomic E-state index is 0.0426. The van der Waals surface area contributed by atoms with E-state index in [9.17, 15) is 5.11 Å². The molecule has 0 unspecified atom stereocenters. The molecule has 0 bridgehead atoms. The van der Waals surface area contributed by atoms with E-state index < -0.39 is 0 Å². The lowest BCUT2D eigenvalue weighted by atomic mass is 10.0. The molecule has 1 aliphatic rings. The number of benzene rings is 2. The molecule has 1 N–H and O–H groups in total. The van der Waals surface area contributed by atoms with Crippen molar-refractivity contribution in [1.82, 2.24) is 4.90 Å². The molecule has 2 aromatic carbocycles. The predicted molar refractivity (Wildman–Crippen MR) is 89.3 cm³/mol. The lowest BCUT2D eigenvalue weighted by molar-refractivity contribution is 0.140. The maximum absolute atomic E-state index is 9.63. The molecule has 1 saturated heterocycles. The molecule has 0 saturated carbocycles. The van der Waals surface area contributed by atoms with Crippen LogP contribution in [0.4, 0.5) is 0 Å². The van der Waals surface area contributed by atoms with Gasteiger partial charge in [-0.25, -0.2) is 0 Å². The molecule has 0 aromatic heterocycles. The summed E-state index contributed by atoms with van der Waals surface area (Å²) in [4.78, 5) is 2.34. The summed E-state index contributed by atoms with van der Waals surface area (Å²) in [7, 11) is 0. The highest BCUT2D eigenvalue weighted by molar-refractivity contribution is 5.37. The SMILES string of the molecule is OC[C@H]1CCCN1[C@@H](C#Cc1ccccc1)c1ccccc1. The Kier molecular flexibility index (Phi) is 4.90. The number of hydrogen-bond acceptors (Lipinski definition) is 2. The second-order valence-electron chi connectivity index (χ2n) is 5.67. The Morgan fingerprint density at radius 3 is 2.41 bits per heavy atom. The Bertz CT molecular complexity index is 642. The normalized spacial score (nSPS) is 19.4. The quantitative estimate of drug-likeness (QED) is 0.878. The van der Waals surface area contributed by atoms with E-state index in [1.165, 1.54) is 5.56 Å². The summed E-state index contributed by atoms with van der Waals surface area (Å²) in [5.41, 5.74) is 2.23. The molecule has 1 heterocycles. The fraction of sp³-hybridized carbons (Fsp3) is 0.300. The van der Waals surface area contributed by atoms with Crippen LogP contribution in [0.15, 0.2) is 60.7 Å². The monoisotopic (exact) mass is 291 g/mol. The summed E-state index contributed by atoms with van der Waals surface area (Å²) in [6.07, 6.45) is 2.18. The second-order valence-corrected chi connectivity index (χ2v) is 5.67. The van der Waals surface area contributed by atoms with Crippen molar-refractivity contribution < 1.29 is 5.11 Å². The van der Waals surface area contributed by atoms with Gasteiger partial charge in [0, 0.05) is 18.2 Å². The van der Waals surface area contributed by atoms with Crippen LogP contribution in [0.5, 0.6) is 0 Å². The molecule has 112 valence electrons. The van der Waals surface area contributed by atoms with Crippen molar-refractivity contribution in [3.05, 3.63) is 71.8 Å². The van der Waals surface area contributed by atoms with Crippen LogP contribution >= 0.6 is 0 Å². The molecule has 2 nitrogen and oxygen atoms in total. The third-order valence-electron chi connectivity index (χ3n) is 4.21. The van der Waals surface area contributed by atoms with Crippen LogP contribution in [0.3, 0.4) is 0 Å². The fourth-order valence-corrected chi connectivity index (χ4v) is 3.06. The zero-order valence-electron chi connectivity index (χ0n) is 12.7. The fourth-order valence-electron chi connectivity index (χ4n) is 3.06. The van der Waals surface area contributed by atoms with Crippen LogP contribution in [0, 0.1) is 11.8 Å². The largest absolute Gasteiger partial charge is 0.395 e. The Labute approximate surface area is 132 Å². The van der Waals surface area contributed by atoms with Gasteiger partial charge in [-0.3, -0.25) is 4.90 Å². The summed E-state index contributed by atoms with van der Waals surface area (Å²) in [6.45, 7) is 1.20. The van der Waals surface area contributed by atoms with Gasteiger partial charge in [-0.05, 0) is 30.5 Å². The Balaban J connectivity index is 1.92. The predicted octanol–water partition coefficient (Wildman–Crippen LogP) is 3.24. The molecule has 0 radical (unpaired) electrons. The highest BCUT2D eigenvalue weighted by Gasteiger charge is 2.30. The first-order chi connectivity index (χ1) is 10.9. The number of aliphatic hydroxyl groups excluding tert-OH is 1. The molecule has 2 atom stereocenters. The molecule has 1 fully saturated rings. The molecule has 2 heteroatoms. The third-order valence-corrected chi connectivity index (χ3v) is 4.21. The standard InChI is InChI=1S/C20H21NO/c22-16-19-12-7-15-21(19)20(18-10-5-2-6-11-18)14-13-17-8-3-1-4-9-17/h1-6,8-11,19-20,22H,7,12,15-16H2/t19-,20+/m1/s1. The highest BCUT2D eigenvalue weighted by atomic mass is 16.3. The molecular weight excluding hydrogens is 270 g/mol. The summed E-state index contributed by atoms with van der Waals surface area (Å²) >= 11 is 0. The van der Waals surface area contributed by atoms with Crippen molar-refractivity contribution in [2.24, 2.45) is 0 Å². The number of rotatable bonds is 3. The average Bonchev–Trinajstić information content (AvgIpc) is 3.05. The van der Waals surface area contributed by atoms with E-state index in [4.69, 9.17) is 0 Å². The van der Waals surface area contributed by atoms with Crippen LogP contribution in [0.25, 0.3) is 0 Å². The first-order valence-corrected chi connectivity index (χ1v) is 7.86. The third kappa shape index (κ3) is 3.39. The first-order valence-electron chi connectivity index (χ1n) is 7.86. The zero-order valence-corrected chi connectivity index (χ0v) is 12.7. The van der Waals surface area contributed by atoms with Crippen molar-refractivity contribution in [1.29, 1.82) is 0 Å². The lowest BCUT2D eigenvalue weighted by Crippen LogP contribution is -2.35. The van der Waals surface area contributed by atoms with E-state index in [1.54, 1.807) is 0 Å². The van der Waals surface area contributed by atoms with Crippen molar-refractivity contribution >= 4 is 0 Å². The van der Waals surface area contributed by atoms with E-state index in [-0.39, 0.29) is 18.7 Å². The van der Waals surface area contributed by atoms with Crippen LogP contribution in [0.1, 0.15) is 30.0 Å². The lowest BCUT2D eigenvalue weighted by Gasteiger charge is -2.29. The van der Waals surface area contributed by atoms with Crippen LogP contribution in [-0.4, -0.2) is 29.2 Å². The van der Waals surface area contributed by atoms with Gasteiger partial charge in [0.1, 0.15) is 0 Å². The van der Waals surface area contributed by atoms with Gasteiger partial charge in [-0.2, -0.15) is 0 Å². The summed E-state index contributed by atoms with van der Waals surface area (Å²) in [5, 5.41) is 9.63. The number of likely N-dealkylation sites (tertiary alicyclic amines) is 1. The van der Waals surface area contributed by atoms with Gasteiger partial charge in [-0.15, -0.1) is 0 Å². The van der Waals surface area contributed by atoms with Gasteiger partial charge >= 0.3 is 0 Å². The van der Waals surface area contributed by atoms with Crippen LogP contribution in [0.2, 0.25) is 0 Å². The minimum Gasteiger partial charge on any atom is -0.395 e. The average molecular weight is 291 g/mol. The maximum Gasteiger partial charge on any atom is 0.0977 e. The maximum atomic E-state index is 9.63. The zero-order chi connectivity index (χ0) is 15.2. The molecule has 22 heavy (non-hydrogen) atoms. The number of hydrogen-bond donors (Lipinski definition) is 1. The van der Waals surface area contributed by atoms with Crippen LogP contribution < -0.4 is 0 Å². The second kappa shape index (κ2) is 7.26.